The number of allylic oxidation sites excluding steroid dienone is 1. The van der Waals surface area contributed by atoms with Crippen LogP contribution in [-0.2, 0) is 19.1 Å². The second kappa shape index (κ2) is 5.86. The second-order valence-corrected chi connectivity index (χ2v) is 2.94. The smallest absolute Gasteiger partial charge is 0.324 e. The summed E-state index contributed by atoms with van der Waals surface area (Å²) in [5.74, 6) is 0.871. The minimum atomic E-state index is -1.46. The molecule has 0 N–H and O–H groups in total. The van der Waals surface area contributed by atoms with Crippen molar-refractivity contribution in [3.63, 3.8) is 0 Å². The molecule has 0 amide bonds. The van der Waals surface area contributed by atoms with E-state index < -0.39 is 17.4 Å². The number of hydrogen-bond acceptors (Lipinski definition) is 4. The molecule has 0 bridgehead atoms. The minimum absolute atomic E-state index is 0.0711. The maximum atomic E-state index is 11.5. The van der Waals surface area contributed by atoms with Crippen LogP contribution in [0.5, 0.6) is 0 Å². The molecule has 82 valence electrons. The molecule has 0 spiro atoms. The van der Waals surface area contributed by atoms with Crippen LogP contribution in [0.15, 0.2) is 12.7 Å². The fraction of sp³-hybridized carbons (Fsp3) is 0.455. The third kappa shape index (κ3) is 2.59. The highest BCUT2D eigenvalue weighted by molar-refractivity contribution is 6.00. The minimum Gasteiger partial charge on any atom is -0.468 e. The molecule has 0 aliphatic heterocycles. The molecule has 0 aliphatic rings. The second-order valence-electron chi connectivity index (χ2n) is 2.94. The molecule has 0 unspecified atom stereocenters. The van der Waals surface area contributed by atoms with Gasteiger partial charge in [-0.05, 0) is 6.42 Å². The van der Waals surface area contributed by atoms with Gasteiger partial charge >= 0.3 is 11.9 Å². The van der Waals surface area contributed by atoms with Crippen molar-refractivity contribution in [2.24, 2.45) is 5.41 Å². The van der Waals surface area contributed by atoms with Gasteiger partial charge in [-0.2, -0.15) is 0 Å². The Morgan fingerprint density at radius 2 is 1.87 bits per heavy atom. The molecule has 0 aliphatic carbocycles. The van der Waals surface area contributed by atoms with Gasteiger partial charge in [-0.25, -0.2) is 0 Å². The number of methoxy groups -OCH3 is 2. The summed E-state index contributed by atoms with van der Waals surface area (Å²) in [6.07, 6.45) is 6.59. The maximum absolute atomic E-state index is 11.5. The summed E-state index contributed by atoms with van der Waals surface area (Å²) in [5.41, 5.74) is -1.46. The fourth-order valence-electron chi connectivity index (χ4n) is 1.28. The summed E-state index contributed by atoms with van der Waals surface area (Å²) < 4.78 is 9.12. The van der Waals surface area contributed by atoms with Crippen molar-refractivity contribution in [3.05, 3.63) is 12.7 Å². The number of carbonyl (C=O) groups excluding carboxylic acids is 2. The molecule has 15 heavy (non-hydrogen) atoms. The summed E-state index contributed by atoms with van der Waals surface area (Å²) in [6, 6.07) is 0. The van der Waals surface area contributed by atoms with Crippen LogP contribution < -0.4 is 0 Å². The normalized spacial score (nSPS) is 9.93. The van der Waals surface area contributed by atoms with Gasteiger partial charge in [-0.1, -0.05) is 6.08 Å². The standard InChI is InChI=1S/C11H14O4/c1-5-7-11(8-6-2,9(12)14-3)10(13)15-4/h1,6H,2,7-8H2,3-4H3. The molecule has 0 heterocycles. The average Bonchev–Trinajstić information content (AvgIpc) is 2.26. The Bertz CT molecular complexity index is 282. The van der Waals surface area contributed by atoms with Crippen LogP contribution in [0.25, 0.3) is 0 Å². The molecule has 0 rings (SSSR count). The van der Waals surface area contributed by atoms with E-state index in [9.17, 15) is 9.59 Å². The summed E-state index contributed by atoms with van der Waals surface area (Å²) in [6.45, 7) is 3.48. The highest BCUT2D eigenvalue weighted by Crippen LogP contribution is 2.30. The maximum Gasteiger partial charge on any atom is 0.324 e. The topological polar surface area (TPSA) is 52.6 Å². The first-order valence-electron chi connectivity index (χ1n) is 4.30. The van der Waals surface area contributed by atoms with Gasteiger partial charge in [-0.15, -0.1) is 18.9 Å². The highest BCUT2D eigenvalue weighted by atomic mass is 16.5. The number of ether oxygens (including phenoxy) is 2. The number of esters is 2. The SMILES string of the molecule is C#CCC(CC=C)(C(=O)OC)C(=O)OC. The van der Waals surface area contributed by atoms with Crippen molar-refractivity contribution in [1.82, 2.24) is 0 Å². The summed E-state index contributed by atoms with van der Waals surface area (Å²) >= 11 is 0. The zero-order valence-corrected chi connectivity index (χ0v) is 8.91. The van der Waals surface area contributed by atoms with Crippen LogP contribution in [0.3, 0.4) is 0 Å². The first kappa shape index (κ1) is 13.2. The van der Waals surface area contributed by atoms with E-state index >= 15 is 0 Å². The Morgan fingerprint density at radius 1 is 1.40 bits per heavy atom. The third-order valence-electron chi connectivity index (χ3n) is 2.05. The summed E-state index contributed by atoms with van der Waals surface area (Å²) in [4.78, 5) is 23.1. The summed E-state index contributed by atoms with van der Waals surface area (Å²) in [5, 5.41) is 0. The zero-order valence-electron chi connectivity index (χ0n) is 8.91. The van der Waals surface area contributed by atoms with E-state index in [-0.39, 0.29) is 12.8 Å². The van der Waals surface area contributed by atoms with Gasteiger partial charge in [0, 0.05) is 6.42 Å². The van der Waals surface area contributed by atoms with Gasteiger partial charge in [-0.3, -0.25) is 9.59 Å². The molecule has 4 nitrogen and oxygen atoms in total. The van der Waals surface area contributed by atoms with Crippen LogP contribution in [-0.4, -0.2) is 26.2 Å². The molecule has 0 aromatic heterocycles. The third-order valence-corrected chi connectivity index (χ3v) is 2.05. The first-order chi connectivity index (χ1) is 7.08. The average molecular weight is 210 g/mol. The Labute approximate surface area is 89.2 Å². The van der Waals surface area contributed by atoms with E-state index in [4.69, 9.17) is 6.42 Å². The van der Waals surface area contributed by atoms with E-state index in [2.05, 4.69) is 22.0 Å². The van der Waals surface area contributed by atoms with E-state index in [1.165, 1.54) is 20.3 Å². The Balaban J connectivity index is 5.25. The molecule has 0 fully saturated rings. The lowest BCUT2D eigenvalue weighted by Crippen LogP contribution is -2.40. The van der Waals surface area contributed by atoms with Crippen LogP contribution in [0.4, 0.5) is 0 Å². The van der Waals surface area contributed by atoms with Gasteiger partial charge in [0.15, 0.2) is 5.41 Å². The van der Waals surface area contributed by atoms with Crippen molar-refractivity contribution in [3.8, 4) is 12.3 Å². The van der Waals surface area contributed by atoms with E-state index in [0.717, 1.165) is 0 Å². The van der Waals surface area contributed by atoms with Crippen LogP contribution in [0.1, 0.15) is 12.8 Å². The number of carbonyl (C=O) groups is 2. The monoisotopic (exact) mass is 210 g/mol. The molecular weight excluding hydrogens is 196 g/mol. The Kier molecular flexibility index (Phi) is 5.18. The van der Waals surface area contributed by atoms with Gasteiger partial charge in [0.1, 0.15) is 0 Å². The molecule has 0 saturated carbocycles. The number of rotatable bonds is 5. The largest absolute Gasteiger partial charge is 0.468 e. The van der Waals surface area contributed by atoms with E-state index in [1.54, 1.807) is 0 Å². The lowest BCUT2D eigenvalue weighted by molar-refractivity contribution is -0.168. The summed E-state index contributed by atoms with van der Waals surface area (Å²) in [7, 11) is 2.39. The predicted octanol–water partition coefficient (Wildman–Crippen LogP) is 0.918. The van der Waals surface area contributed by atoms with Crippen LogP contribution in [0.2, 0.25) is 0 Å². The fourth-order valence-corrected chi connectivity index (χ4v) is 1.28. The molecule has 0 aromatic carbocycles. The van der Waals surface area contributed by atoms with Crippen molar-refractivity contribution in [2.45, 2.75) is 12.8 Å². The Morgan fingerprint density at radius 3 is 2.13 bits per heavy atom. The molecule has 4 heteroatoms. The first-order valence-corrected chi connectivity index (χ1v) is 4.30. The van der Waals surface area contributed by atoms with Gasteiger partial charge < -0.3 is 9.47 Å². The van der Waals surface area contributed by atoms with Crippen LogP contribution >= 0.6 is 0 Å². The predicted molar refractivity (Wildman–Crippen MR) is 54.7 cm³/mol. The molecule has 0 atom stereocenters. The lowest BCUT2D eigenvalue weighted by atomic mass is 9.81. The van der Waals surface area contributed by atoms with Gasteiger partial charge in [0.25, 0.3) is 0 Å². The molecule has 0 aromatic rings. The van der Waals surface area contributed by atoms with E-state index in [1.807, 2.05) is 0 Å². The van der Waals surface area contributed by atoms with Crippen LogP contribution in [0, 0.1) is 17.8 Å². The van der Waals surface area contributed by atoms with E-state index in [0.29, 0.717) is 0 Å². The quantitative estimate of drug-likeness (QED) is 0.293. The van der Waals surface area contributed by atoms with Crippen molar-refractivity contribution >= 4 is 11.9 Å². The van der Waals surface area contributed by atoms with Crippen molar-refractivity contribution in [2.75, 3.05) is 14.2 Å². The molecule has 0 radical (unpaired) electrons. The number of terminal acetylenes is 1. The molecule has 0 saturated heterocycles. The number of hydrogen-bond donors (Lipinski definition) is 0. The van der Waals surface area contributed by atoms with Crippen molar-refractivity contribution < 1.29 is 19.1 Å². The van der Waals surface area contributed by atoms with Gasteiger partial charge in [0.05, 0.1) is 14.2 Å². The Hall–Kier alpha value is -1.76. The molecular formula is C11H14O4. The van der Waals surface area contributed by atoms with Crippen molar-refractivity contribution in [1.29, 1.82) is 0 Å². The zero-order chi connectivity index (χ0) is 11.9. The highest BCUT2D eigenvalue weighted by Gasteiger charge is 2.46. The van der Waals surface area contributed by atoms with Gasteiger partial charge in [0.2, 0.25) is 0 Å². The lowest BCUT2D eigenvalue weighted by Gasteiger charge is -2.24.